The van der Waals surface area contributed by atoms with Crippen molar-refractivity contribution in [3.05, 3.63) is 64.7 Å². The summed E-state index contributed by atoms with van der Waals surface area (Å²) in [6.07, 6.45) is 0. The van der Waals surface area contributed by atoms with Crippen LogP contribution in [0.4, 0.5) is 0 Å². The number of hydrogen-bond donors (Lipinski definition) is 1. The maximum atomic E-state index is 9.30. The maximum Gasteiger partial charge on any atom is 0.159 e. The summed E-state index contributed by atoms with van der Waals surface area (Å²) in [6.45, 7) is 2.93. The fraction of sp³-hybridized carbons (Fsp3) is 0.278. The Labute approximate surface area is 141 Å². The molecule has 1 aliphatic rings. The highest BCUT2D eigenvalue weighted by Gasteiger charge is 2.46. The minimum absolute atomic E-state index is 0.466. The average Bonchev–Trinajstić information content (AvgIpc) is 2.54. The Kier molecular flexibility index (Phi) is 4.53. The van der Waals surface area contributed by atoms with E-state index in [4.69, 9.17) is 22.1 Å². The summed E-state index contributed by atoms with van der Waals surface area (Å²) in [4.78, 5) is 2.24. The van der Waals surface area contributed by atoms with E-state index in [9.17, 15) is 5.26 Å². The van der Waals surface area contributed by atoms with Gasteiger partial charge in [-0.05, 0) is 17.7 Å². The van der Waals surface area contributed by atoms with Crippen molar-refractivity contribution in [1.82, 2.24) is 4.90 Å². The molecule has 118 valence electrons. The van der Waals surface area contributed by atoms with Gasteiger partial charge >= 0.3 is 0 Å². The molecule has 23 heavy (non-hydrogen) atoms. The molecule has 1 aliphatic heterocycles. The van der Waals surface area contributed by atoms with Crippen LogP contribution < -0.4 is 10.5 Å². The van der Waals surface area contributed by atoms with Crippen molar-refractivity contribution in [3.8, 4) is 11.8 Å². The SMILES string of the molecule is N#Cc1ccc(Cl)cc1OC1(c2ccccc2)CN(CCN)C1. The number of nitriles is 1. The van der Waals surface area contributed by atoms with Crippen molar-refractivity contribution in [2.45, 2.75) is 5.60 Å². The number of halogens is 1. The van der Waals surface area contributed by atoms with Crippen LogP contribution in [0.15, 0.2) is 48.5 Å². The van der Waals surface area contributed by atoms with E-state index in [-0.39, 0.29) is 0 Å². The molecule has 3 rings (SSSR count). The van der Waals surface area contributed by atoms with Crippen molar-refractivity contribution in [2.75, 3.05) is 26.2 Å². The van der Waals surface area contributed by atoms with Crippen molar-refractivity contribution in [3.63, 3.8) is 0 Å². The lowest BCUT2D eigenvalue weighted by Crippen LogP contribution is -2.63. The van der Waals surface area contributed by atoms with Crippen LogP contribution in [0.25, 0.3) is 0 Å². The van der Waals surface area contributed by atoms with Crippen molar-refractivity contribution >= 4 is 11.6 Å². The maximum absolute atomic E-state index is 9.30. The molecule has 0 bridgehead atoms. The molecule has 1 saturated heterocycles. The van der Waals surface area contributed by atoms with Gasteiger partial charge in [0.25, 0.3) is 0 Å². The molecule has 5 heteroatoms. The van der Waals surface area contributed by atoms with Crippen LogP contribution in [-0.2, 0) is 5.60 Å². The second kappa shape index (κ2) is 6.59. The summed E-state index contributed by atoms with van der Waals surface area (Å²) in [5.74, 6) is 0.524. The van der Waals surface area contributed by atoms with E-state index < -0.39 is 5.60 Å². The highest BCUT2D eigenvalue weighted by molar-refractivity contribution is 6.30. The monoisotopic (exact) mass is 327 g/mol. The summed E-state index contributed by atoms with van der Waals surface area (Å²) < 4.78 is 6.31. The van der Waals surface area contributed by atoms with Crippen LogP contribution >= 0.6 is 11.6 Å². The third kappa shape index (κ3) is 3.18. The second-order valence-electron chi connectivity index (χ2n) is 5.71. The minimum atomic E-state index is -0.466. The second-order valence-corrected chi connectivity index (χ2v) is 6.15. The van der Waals surface area contributed by atoms with E-state index in [2.05, 4.69) is 23.1 Å². The minimum Gasteiger partial charge on any atom is -0.478 e. The molecule has 1 fully saturated rings. The molecule has 0 saturated carbocycles. The van der Waals surface area contributed by atoms with E-state index >= 15 is 0 Å². The normalized spacial score (nSPS) is 16.4. The number of nitrogens with two attached hydrogens (primary N) is 1. The van der Waals surface area contributed by atoms with E-state index in [0.29, 0.717) is 22.9 Å². The van der Waals surface area contributed by atoms with Gasteiger partial charge in [-0.3, -0.25) is 4.90 Å². The first-order valence-corrected chi connectivity index (χ1v) is 7.91. The standard InChI is InChI=1S/C18H18ClN3O/c19-16-7-6-14(11-21)17(10-16)23-18(12-22(13-18)9-8-20)15-4-2-1-3-5-15/h1-7,10H,8-9,12-13,20H2. The van der Waals surface area contributed by atoms with Crippen LogP contribution in [0, 0.1) is 11.3 Å². The zero-order valence-corrected chi connectivity index (χ0v) is 13.5. The number of likely N-dealkylation sites (tertiary alicyclic amines) is 1. The first-order valence-electron chi connectivity index (χ1n) is 7.53. The Hall–Kier alpha value is -2.06. The number of nitrogens with zero attached hydrogens (tertiary/aromatic N) is 2. The largest absolute Gasteiger partial charge is 0.478 e. The Morgan fingerprint density at radius 2 is 1.96 bits per heavy atom. The molecule has 0 aliphatic carbocycles. The molecule has 0 atom stereocenters. The number of rotatable bonds is 5. The van der Waals surface area contributed by atoms with Gasteiger partial charge in [0.15, 0.2) is 5.60 Å². The van der Waals surface area contributed by atoms with Gasteiger partial charge in [0.2, 0.25) is 0 Å². The smallest absolute Gasteiger partial charge is 0.159 e. The summed E-state index contributed by atoms with van der Waals surface area (Å²) in [6, 6.07) is 17.3. The van der Waals surface area contributed by atoms with Crippen molar-refractivity contribution < 1.29 is 4.74 Å². The number of hydrogen-bond acceptors (Lipinski definition) is 4. The molecule has 1 heterocycles. The summed E-state index contributed by atoms with van der Waals surface area (Å²) >= 11 is 6.07. The molecule has 0 amide bonds. The highest BCUT2D eigenvalue weighted by Crippen LogP contribution is 2.38. The zero-order valence-electron chi connectivity index (χ0n) is 12.7. The summed E-state index contributed by atoms with van der Waals surface area (Å²) in [5.41, 5.74) is 6.76. The average molecular weight is 328 g/mol. The van der Waals surface area contributed by atoms with E-state index in [1.54, 1.807) is 18.2 Å². The molecule has 0 spiro atoms. The summed E-state index contributed by atoms with van der Waals surface area (Å²) in [7, 11) is 0. The van der Waals surface area contributed by atoms with Crippen LogP contribution in [0.2, 0.25) is 5.02 Å². The lowest BCUT2D eigenvalue weighted by Gasteiger charge is -2.50. The Morgan fingerprint density at radius 1 is 1.22 bits per heavy atom. The third-order valence-electron chi connectivity index (χ3n) is 4.07. The summed E-state index contributed by atoms with van der Waals surface area (Å²) in [5, 5.41) is 9.86. The van der Waals surface area contributed by atoms with Crippen molar-refractivity contribution in [2.24, 2.45) is 5.73 Å². The van der Waals surface area contributed by atoms with Crippen LogP contribution in [0.3, 0.4) is 0 Å². The molecule has 4 nitrogen and oxygen atoms in total. The molecule has 0 radical (unpaired) electrons. The van der Waals surface area contributed by atoms with Gasteiger partial charge in [0, 0.05) is 37.3 Å². The molecule has 2 N–H and O–H groups in total. The lowest BCUT2D eigenvalue weighted by molar-refractivity contribution is -0.0815. The quantitative estimate of drug-likeness (QED) is 0.917. The Balaban J connectivity index is 1.93. The Bertz CT molecular complexity index is 721. The molecule has 0 aromatic heterocycles. The van der Waals surface area contributed by atoms with Crippen molar-refractivity contribution in [1.29, 1.82) is 5.26 Å². The zero-order chi connectivity index (χ0) is 16.3. The fourth-order valence-electron chi connectivity index (χ4n) is 2.95. The molecule has 0 unspecified atom stereocenters. The molecular weight excluding hydrogens is 310 g/mol. The topological polar surface area (TPSA) is 62.3 Å². The van der Waals surface area contributed by atoms with Crippen LogP contribution in [0.5, 0.6) is 5.75 Å². The molecular formula is C18H18ClN3O. The number of benzene rings is 2. The fourth-order valence-corrected chi connectivity index (χ4v) is 3.11. The Morgan fingerprint density at radius 3 is 2.61 bits per heavy atom. The van der Waals surface area contributed by atoms with Gasteiger partial charge in [-0.25, -0.2) is 0 Å². The van der Waals surface area contributed by atoms with Gasteiger partial charge in [0.05, 0.1) is 5.56 Å². The highest BCUT2D eigenvalue weighted by atomic mass is 35.5. The lowest BCUT2D eigenvalue weighted by atomic mass is 9.85. The third-order valence-corrected chi connectivity index (χ3v) is 4.31. The molecule has 2 aromatic rings. The van der Waals surface area contributed by atoms with E-state index in [0.717, 1.165) is 25.2 Å². The molecule has 2 aromatic carbocycles. The van der Waals surface area contributed by atoms with E-state index in [1.807, 2.05) is 18.2 Å². The van der Waals surface area contributed by atoms with Gasteiger partial charge < -0.3 is 10.5 Å². The predicted molar refractivity (Wildman–Crippen MR) is 90.4 cm³/mol. The van der Waals surface area contributed by atoms with Gasteiger partial charge in [-0.2, -0.15) is 5.26 Å². The predicted octanol–water partition coefficient (Wildman–Crippen LogP) is 2.76. The first-order chi connectivity index (χ1) is 11.2. The van der Waals surface area contributed by atoms with Gasteiger partial charge in [0.1, 0.15) is 11.8 Å². The number of ether oxygens (including phenoxy) is 1. The van der Waals surface area contributed by atoms with Gasteiger partial charge in [-0.1, -0.05) is 41.9 Å². The van der Waals surface area contributed by atoms with Gasteiger partial charge in [-0.15, -0.1) is 0 Å². The first kappa shape index (κ1) is 15.8. The van der Waals surface area contributed by atoms with E-state index in [1.165, 1.54) is 0 Å². The van der Waals surface area contributed by atoms with Crippen LogP contribution in [0.1, 0.15) is 11.1 Å². The van der Waals surface area contributed by atoms with Crippen LogP contribution in [-0.4, -0.2) is 31.1 Å².